The second-order valence-electron chi connectivity index (χ2n) is 4.67. The Morgan fingerprint density at radius 1 is 1.32 bits per heavy atom. The van der Waals surface area contributed by atoms with Gasteiger partial charge in [0.25, 0.3) is 0 Å². The molecular weight excluding hydrogens is 302 g/mol. The highest BCUT2D eigenvalue weighted by molar-refractivity contribution is 8.03. The van der Waals surface area contributed by atoms with Crippen LogP contribution in [0.1, 0.15) is 13.8 Å². The molecule has 8 heteroatoms. The molecule has 7 nitrogen and oxygen atoms in total. The van der Waals surface area contributed by atoms with Crippen molar-refractivity contribution in [2.75, 3.05) is 5.32 Å². The van der Waals surface area contributed by atoms with E-state index in [4.69, 9.17) is 5.26 Å². The predicted molar refractivity (Wildman–Crippen MR) is 84.4 cm³/mol. The first-order chi connectivity index (χ1) is 10.5. The summed E-state index contributed by atoms with van der Waals surface area (Å²) in [6.45, 7) is 3.70. The first-order valence-corrected chi connectivity index (χ1v) is 7.29. The van der Waals surface area contributed by atoms with Gasteiger partial charge in [-0.15, -0.1) is 0 Å². The fourth-order valence-corrected chi connectivity index (χ4v) is 2.29. The molecule has 22 heavy (non-hydrogen) atoms. The molecule has 1 heterocycles. The lowest BCUT2D eigenvalue weighted by Gasteiger charge is -2.12. The van der Waals surface area contributed by atoms with Gasteiger partial charge < -0.3 is 5.32 Å². The third-order valence-corrected chi connectivity index (χ3v) is 3.20. The van der Waals surface area contributed by atoms with Gasteiger partial charge in [-0.2, -0.15) is 5.26 Å². The summed E-state index contributed by atoms with van der Waals surface area (Å²) in [6, 6.07) is 9.08. The summed E-state index contributed by atoms with van der Waals surface area (Å²) in [7, 11) is 0. The summed E-state index contributed by atoms with van der Waals surface area (Å²) < 4.78 is 0. The van der Waals surface area contributed by atoms with Crippen LogP contribution in [-0.2, 0) is 0 Å². The first kappa shape index (κ1) is 15.7. The second kappa shape index (κ2) is 6.87. The van der Waals surface area contributed by atoms with Crippen molar-refractivity contribution >= 4 is 23.3 Å². The van der Waals surface area contributed by atoms with E-state index in [2.05, 4.69) is 15.3 Å². The van der Waals surface area contributed by atoms with Gasteiger partial charge in [-0.1, -0.05) is 30.3 Å². The largest absolute Gasteiger partial charge is 0.362 e. The van der Waals surface area contributed by atoms with E-state index in [1.54, 1.807) is 12.1 Å². The van der Waals surface area contributed by atoms with E-state index in [9.17, 15) is 10.1 Å². The Kier molecular flexibility index (Phi) is 4.91. The smallest absolute Gasteiger partial charge is 0.344 e. The van der Waals surface area contributed by atoms with Crippen molar-refractivity contribution in [3.63, 3.8) is 0 Å². The molecule has 1 aromatic heterocycles. The fraction of sp³-hybridized carbons (Fsp3) is 0.214. The van der Waals surface area contributed by atoms with E-state index >= 15 is 0 Å². The maximum atomic E-state index is 11.3. The van der Waals surface area contributed by atoms with Crippen LogP contribution in [0.2, 0.25) is 0 Å². The molecule has 1 N–H and O–H groups in total. The van der Waals surface area contributed by atoms with Gasteiger partial charge >= 0.3 is 5.69 Å². The molecular formula is C14H13N5O2S. The van der Waals surface area contributed by atoms with Crippen molar-refractivity contribution in [2.45, 2.75) is 24.9 Å². The van der Waals surface area contributed by atoms with Crippen LogP contribution >= 0.6 is 11.8 Å². The molecule has 2 aromatic rings. The lowest BCUT2D eigenvalue weighted by atomic mass is 10.2. The van der Waals surface area contributed by atoms with Crippen LogP contribution in [0, 0.1) is 20.8 Å². The van der Waals surface area contributed by atoms with Crippen LogP contribution in [0.3, 0.4) is 0 Å². The SMILES string of the molecule is CC(C)Nc1nc(-c2ccccc2)nc(SC#N)c1[N+](=O)[O-]. The molecule has 0 bridgehead atoms. The molecule has 0 aliphatic heterocycles. The van der Waals surface area contributed by atoms with Crippen LogP contribution in [-0.4, -0.2) is 20.9 Å². The number of hydrogen-bond donors (Lipinski definition) is 1. The molecule has 0 saturated heterocycles. The topological polar surface area (TPSA) is 105 Å². The molecule has 2 rings (SSSR count). The van der Waals surface area contributed by atoms with E-state index in [1.807, 2.05) is 37.4 Å². The van der Waals surface area contributed by atoms with Crippen molar-refractivity contribution in [2.24, 2.45) is 0 Å². The van der Waals surface area contributed by atoms with E-state index in [-0.39, 0.29) is 22.6 Å². The standard InChI is InChI=1S/C14H13N5O2S/c1-9(2)16-13-11(19(20)21)14(22-8-15)18-12(17-13)10-6-4-3-5-7-10/h3-7,9H,1-2H3,(H,16,17,18). The summed E-state index contributed by atoms with van der Waals surface area (Å²) in [4.78, 5) is 19.2. The van der Waals surface area contributed by atoms with Gasteiger partial charge in [0.15, 0.2) is 10.9 Å². The lowest BCUT2D eigenvalue weighted by molar-refractivity contribution is -0.387. The number of benzene rings is 1. The molecule has 0 spiro atoms. The molecule has 0 amide bonds. The number of nitrogens with zero attached hydrogens (tertiary/aromatic N) is 4. The minimum absolute atomic E-state index is 0.0319. The van der Waals surface area contributed by atoms with Gasteiger partial charge in [0.1, 0.15) is 5.40 Å². The number of nitrogens with one attached hydrogen (secondary N) is 1. The lowest BCUT2D eigenvalue weighted by Crippen LogP contribution is -2.14. The van der Waals surface area contributed by atoms with Gasteiger partial charge in [0.2, 0.25) is 5.82 Å². The normalized spacial score (nSPS) is 10.3. The highest BCUT2D eigenvalue weighted by atomic mass is 32.2. The molecule has 0 atom stereocenters. The maximum absolute atomic E-state index is 11.3. The zero-order chi connectivity index (χ0) is 16.1. The number of anilines is 1. The number of aromatic nitrogens is 2. The molecule has 1 aromatic carbocycles. The number of hydrogen-bond acceptors (Lipinski definition) is 7. The fourth-order valence-electron chi connectivity index (χ4n) is 1.80. The van der Waals surface area contributed by atoms with Gasteiger partial charge in [0.05, 0.1) is 4.92 Å². The molecule has 0 saturated carbocycles. The minimum Gasteiger partial charge on any atom is -0.362 e. The Bertz CT molecular complexity index is 728. The highest BCUT2D eigenvalue weighted by Crippen LogP contribution is 2.35. The third kappa shape index (κ3) is 3.51. The average Bonchev–Trinajstić information content (AvgIpc) is 2.47. The number of thiocyanates is 1. The summed E-state index contributed by atoms with van der Waals surface area (Å²) in [5, 5.41) is 25.0. The quantitative estimate of drug-likeness (QED) is 0.296. The molecule has 0 aliphatic rings. The predicted octanol–water partition coefficient (Wildman–Crippen LogP) is 3.45. The van der Waals surface area contributed by atoms with Crippen LogP contribution in [0.4, 0.5) is 11.5 Å². The Morgan fingerprint density at radius 2 is 2.00 bits per heavy atom. The Morgan fingerprint density at radius 3 is 2.55 bits per heavy atom. The van der Waals surface area contributed by atoms with Crippen molar-refractivity contribution in [3.05, 3.63) is 40.4 Å². The van der Waals surface area contributed by atoms with Crippen molar-refractivity contribution in [1.29, 1.82) is 5.26 Å². The maximum Gasteiger partial charge on any atom is 0.344 e. The van der Waals surface area contributed by atoms with Gasteiger partial charge in [-0.3, -0.25) is 10.1 Å². The van der Waals surface area contributed by atoms with E-state index < -0.39 is 4.92 Å². The van der Waals surface area contributed by atoms with Gasteiger partial charge in [0, 0.05) is 23.4 Å². The average molecular weight is 315 g/mol. The van der Waals surface area contributed by atoms with Crippen LogP contribution < -0.4 is 5.32 Å². The Balaban J connectivity index is 2.65. The first-order valence-electron chi connectivity index (χ1n) is 6.47. The number of nitriles is 1. The summed E-state index contributed by atoms with van der Waals surface area (Å²) in [5.74, 6) is 0.457. The number of rotatable bonds is 5. The number of thioether (sulfide) groups is 1. The van der Waals surface area contributed by atoms with E-state index in [0.717, 1.165) is 5.56 Å². The van der Waals surface area contributed by atoms with Gasteiger partial charge in [-0.05, 0) is 13.8 Å². The molecule has 0 fully saturated rings. The summed E-state index contributed by atoms with van der Waals surface area (Å²) in [6.07, 6.45) is 0. The Labute approximate surface area is 131 Å². The van der Waals surface area contributed by atoms with Gasteiger partial charge in [-0.25, -0.2) is 9.97 Å². The number of nitro groups is 1. The van der Waals surface area contributed by atoms with Crippen molar-refractivity contribution < 1.29 is 4.92 Å². The zero-order valence-electron chi connectivity index (χ0n) is 12.0. The summed E-state index contributed by atoms with van der Waals surface area (Å²) in [5.41, 5.74) is 0.448. The van der Waals surface area contributed by atoms with Crippen molar-refractivity contribution in [1.82, 2.24) is 9.97 Å². The monoisotopic (exact) mass is 315 g/mol. The van der Waals surface area contributed by atoms with Crippen LogP contribution in [0.25, 0.3) is 11.4 Å². The second-order valence-corrected chi connectivity index (χ2v) is 5.44. The van der Waals surface area contributed by atoms with E-state index in [0.29, 0.717) is 17.6 Å². The molecule has 0 unspecified atom stereocenters. The minimum atomic E-state index is -0.570. The highest BCUT2D eigenvalue weighted by Gasteiger charge is 2.26. The van der Waals surface area contributed by atoms with Crippen LogP contribution in [0.5, 0.6) is 0 Å². The molecule has 0 radical (unpaired) electrons. The van der Waals surface area contributed by atoms with E-state index in [1.165, 1.54) is 0 Å². The Hall–Kier alpha value is -2.66. The molecule has 112 valence electrons. The summed E-state index contributed by atoms with van der Waals surface area (Å²) >= 11 is 0.653. The van der Waals surface area contributed by atoms with Crippen molar-refractivity contribution in [3.8, 4) is 16.8 Å². The third-order valence-electron chi connectivity index (χ3n) is 2.63. The zero-order valence-corrected chi connectivity index (χ0v) is 12.8. The van der Waals surface area contributed by atoms with Crippen LogP contribution in [0.15, 0.2) is 35.4 Å². The molecule has 0 aliphatic carbocycles.